The van der Waals surface area contributed by atoms with Crippen LogP contribution in [0.15, 0.2) is 29.6 Å². The zero-order valence-corrected chi connectivity index (χ0v) is 8.33. The average molecular weight is 207 g/mol. The Balaban J connectivity index is 1.56. The van der Waals surface area contributed by atoms with Crippen LogP contribution in [-0.2, 0) is 13.1 Å². The van der Waals surface area contributed by atoms with E-state index in [0.717, 1.165) is 19.5 Å². The van der Waals surface area contributed by atoms with Crippen molar-refractivity contribution in [2.45, 2.75) is 19.5 Å². The molecule has 6 heteroatoms. The molecule has 2 rings (SSSR count). The first-order valence-electron chi connectivity index (χ1n) is 4.87. The number of nitrogens with one attached hydrogen (secondary N) is 1. The number of nitrogens with zero attached hydrogens (tertiary/aromatic N) is 4. The molecule has 0 unspecified atom stereocenters. The summed E-state index contributed by atoms with van der Waals surface area (Å²) >= 11 is 0. The van der Waals surface area contributed by atoms with Gasteiger partial charge in [0.2, 0.25) is 6.39 Å². The van der Waals surface area contributed by atoms with E-state index >= 15 is 0 Å². The van der Waals surface area contributed by atoms with Crippen LogP contribution in [0.25, 0.3) is 0 Å². The van der Waals surface area contributed by atoms with Gasteiger partial charge in [0.1, 0.15) is 0 Å². The highest BCUT2D eigenvalue weighted by atomic mass is 16.5. The maximum atomic E-state index is 4.62. The number of rotatable bonds is 6. The van der Waals surface area contributed by atoms with Gasteiger partial charge in [-0.05, 0) is 13.0 Å². The highest BCUT2D eigenvalue weighted by molar-refractivity contribution is 4.76. The molecule has 0 bridgehead atoms. The Morgan fingerprint density at radius 2 is 2.47 bits per heavy atom. The Kier molecular flexibility index (Phi) is 3.45. The fourth-order valence-corrected chi connectivity index (χ4v) is 1.28. The molecule has 2 aromatic rings. The van der Waals surface area contributed by atoms with E-state index in [-0.39, 0.29) is 0 Å². The number of aryl methyl sites for hydroxylation is 1. The van der Waals surface area contributed by atoms with E-state index in [1.54, 1.807) is 6.20 Å². The summed E-state index contributed by atoms with van der Waals surface area (Å²) in [6.45, 7) is 2.55. The summed E-state index contributed by atoms with van der Waals surface area (Å²) in [5, 5.41) is 6.93. The molecule has 0 atom stereocenters. The van der Waals surface area contributed by atoms with Gasteiger partial charge in [0.15, 0.2) is 5.82 Å². The predicted octanol–water partition coefficient (Wildman–Crippen LogP) is 0.446. The van der Waals surface area contributed by atoms with Gasteiger partial charge in [-0.1, -0.05) is 5.16 Å². The van der Waals surface area contributed by atoms with Gasteiger partial charge in [0.25, 0.3) is 0 Å². The first-order valence-corrected chi connectivity index (χ1v) is 4.87. The van der Waals surface area contributed by atoms with E-state index in [1.807, 2.05) is 12.5 Å². The van der Waals surface area contributed by atoms with Crippen molar-refractivity contribution in [3.8, 4) is 0 Å². The van der Waals surface area contributed by atoms with Gasteiger partial charge >= 0.3 is 0 Å². The van der Waals surface area contributed by atoms with Crippen LogP contribution >= 0.6 is 0 Å². The van der Waals surface area contributed by atoms with Gasteiger partial charge in [0, 0.05) is 18.9 Å². The van der Waals surface area contributed by atoms with Crippen LogP contribution in [0.2, 0.25) is 0 Å². The van der Waals surface area contributed by atoms with Crippen molar-refractivity contribution in [1.82, 2.24) is 25.0 Å². The molecule has 2 heterocycles. The molecule has 0 saturated heterocycles. The second-order valence-corrected chi connectivity index (χ2v) is 3.18. The zero-order chi connectivity index (χ0) is 10.3. The Labute approximate surface area is 87.3 Å². The van der Waals surface area contributed by atoms with E-state index < -0.39 is 0 Å². The summed E-state index contributed by atoms with van der Waals surface area (Å²) in [5.41, 5.74) is 0. The quantitative estimate of drug-likeness (QED) is 0.696. The lowest BCUT2D eigenvalue weighted by atomic mass is 10.4. The van der Waals surface area contributed by atoms with Crippen LogP contribution in [0.5, 0.6) is 0 Å². The third-order valence-corrected chi connectivity index (χ3v) is 2.02. The second-order valence-electron chi connectivity index (χ2n) is 3.18. The molecule has 0 spiro atoms. The number of hydrogen-bond donors (Lipinski definition) is 1. The number of hydrogen-bond acceptors (Lipinski definition) is 5. The minimum absolute atomic E-state index is 0.653. The third-order valence-electron chi connectivity index (χ3n) is 2.02. The molecule has 0 aromatic carbocycles. The third kappa shape index (κ3) is 3.17. The molecule has 15 heavy (non-hydrogen) atoms. The fraction of sp³-hybridized carbons (Fsp3) is 0.444. The lowest BCUT2D eigenvalue weighted by molar-refractivity contribution is 0.407. The summed E-state index contributed by atoms with van der Waals surface area (Å²) < 4.78 is 6.67. The molecule has 0 saturated carbocycles. The van der Waals surface area contributed by atoms with Crippen LogP contribution in [-0.4, -0.2) is 26.2 Å². The Morgan fingerprint density at radius 1 is 1.47 bits per heavy atom. The molecule has 0 aliphatic rings. The van der Waals surface area contributed by atoms with E-state index in [0.29, 0.717) is 12.4 Å². The fourth-order valence-electron chi connectivity index (χ4n) is 1.28. The molecule has 80 valence electrons. The van der Waals surface area contributed by atoms with Crippen molar-refractivity contribution >= 4 is 0 Å². The molecule has 6 nitrogen and oxygen atoms in total. The van der Waals surface area contributed by atoms with Crippen molar-refractivity contribution < 1.29 is 4.52 Å². The predicted molar refractivity (Wildman–Crippen MR) is 52.8 cm³/mol. The first-order chi connectivity index (χ1) is 7.45. The monoisotopic (exact) mass is 207 g/mol. The van der Waals surface area contributed by atoms with Crippen LogP contribution in [0.3, 0.4) is 0 Å². The molecule has 1 N–H and O–H groups in total. The van der Waals surface area contributed by atoms with E-state index in [2.05, 4.69) is 29.5 Å². The van der Waals surface area contributed by atoms with E-state index in [4.69, 9.17) is 0 Å². The Bertz CT molecular complexity index is 320. The van der Waals surface area contributed by atoms with Crippen molar-refractivity contribution in [3.05, 3.63) is 30.9 Å². The normalized spacial score (nSPS) is 10.7. The van der Waals surface area contributed by atoms with Gasteiger partial charge in [-0.2, -0.15) is 4.98 Å². The van der Waals surface area contributed by atoms with E-state index in [1.165, 1.54) is 6.39 Å². The summed E-state index contributed by atoms with van der Waals surface area (Å²) in [4.78, 5) is 7.88. The molecular weight excluding hydrogens is 194 g/mol. The lowest BCUT2D eigenvalue weighted by Gasteiger charge is -2.02. The van der Waals surface area contributed by atoms with Crippen molar-refractivity contribution in [3.63, 3.8) is 0 Å². The molecule has 0 aliphatic carbocycles. The van der Waals surface area contributed by atoms with Gasteiger partial charge in [-0.25, -0.2) is 4.98 Å². The van der Waals surface area contributed by atoms with Gasteiger partial charge in [-0.3, -0.25) is 0 Å². The second kappa shape index (κ2) is 5.26. The van der Waals surface area contributed by atoms with E-state index in [9.17, 15) is 0 Å². The zero-order valence-electron chi connectivity index (χ0n) is 8.33. The largest absolute Gasteiger partial charge is 0.343 e. The highest BCUT2D eigenvalue weighted by Gasteiger charge is 1.96. The molecule has 2 aromatic heterocycles. The molecule has 0 fully saturated rings. The minimum atomic E-state index is 0.653. The number of imidazole rings is 1. The molecule has 0 amide bonds. The summed E-state index contributed by atoms with van der Waals surface area (Å²) in [5.74, 6) is 0.692. The van der Waals surface area contributed by atoms with Gasteiger partial charge in [-0.15, -0.1) is 0 Å². The van der Waals surface area contributed by atoms with Crippen LogP contribution in [0.1, 0.15) is 12.2 Å². The number of aromatic nitrogens is 4. The van der Waals surface area contributed by atoms with Gasteiger partial charge in [0.05, 0.1) is 12.9 Å². The summed E-state index contributed by atoms with van der Waals surface area (Å²) in [6.07, 6.45) is 7.95. The summed E-state index contributed by atoms with van der Waals surface area (Å²) in [6, 6.07) is 0. The average Bonchev–Trinajstić information content (AvgIpc) is 2.88. The topological polar surface area (TPSA) is 68.8 Å². The molecule has 0 radical (unpaired) electrons. The Hall–Kier alpha value is -1.69. The van der Waals surface area contributed by atoms with Crippen molar-refractivity contribution in [2.75, 3.05) is 6.54 Å². The van der Waals surface area contributed by atoms with Crippen LogP contribution in [0.4, 0.5) is 0 Å². The summed E-state index contributed by atoms with van der Waals surface area (Å²) in [7, 11) is 0. The highest BCUT2D eigenvalue weighted by Crippen LogP contribution is 1.90. The molecular formula is C9H13N5O. The van der Waals surface area contributed by atoms with Crippen LogP contribution < -0.4 is 5.32 Å². The first kappa shape index (κ1) is 9.85. The maximum absolute atomic E-state index is 4.62. The minimum Gasteiger partial charge on any atom is -0.343 e. The standard InChI is InChI=1S/C9H13N5O/c1(4-14-5-3-11-7-14)2-10-6-9-12-8-15-13-9/h3,5,7-8,10H,1-2,4,6H2. The van der Waals surface area contributed by atoms with Crippen molar-refractivity contribution in [1.29, 1.82) is 0 Å². The van der Waals surface area contributed by atoms with Crippen molar-refractivity contribution in [2.24, 2.45) is 0 Å². The van der Waals surface area contributed by atoms with Crippen LogP contribution in [0, 0.1) is 0 Å². The Morgan fingerprint density at radius 3 is 3.20 bits per heavy atom. The smallest absolute Gasteiger partial charge is 0.213 e. The lowest BCUT2D eigenvalue weighted by Crippen LogP contribution is -2.17. The SMILES string of the molecule is c1cn(CCCNCc2ncon2)cn1. The maximum Gasteiger partial charge on any atom is 0.213 e. The molecule has 0 aliphatic heterocycles. The van der Waals surface area contributed by atoms with Gasteiger partial charge < -0.3 is 14.4 Å².